The Bertz CT molecular complexity index is 509. The fourth-order valence-electron chi connectivity index (χ4n) is 1.43. The minimum Gasteiger partial charge on any atom is -0.271 e. The summed E-state index contributed by atoms with van der Waals surface area (Å²) in [6.45, 7) is 3.52. The van der Waals surface area contributed by atoms with E-state index in [4.69, 9.17) is 0 Å². The molecule has 2 rings (SSSR count). The highest BCUT2D eigenvalue weighted by Crippen LogP contribution is 2.28. The number of aromatic nitrogens is 4. The summed E-state index contributed by atoms with van der Waals surface area (Å²) in [5.74, 6) is 0.137. The van der Waals surface area contributed by atoms with Crippen molar-refractivity contribution in [3.05, 3.63) is 29.2 Å². The predicted molar refractivity (Wildman–Crippen MR) is 50.2 cm³/mol. The van der Waals surface area contributed by atoms with Crippen LogP contribution in [0.5, 0.6) is 0 Å². The number of nitrogens with one attached hydrogen (secondary N) is 1. The lowest BCUT2D eigenvalue weighted by Crippen LogP contribution is -2.04. The van der Waals surface area contributed by atoms with Crippen LogP contribution in [-0.4, -0.2) is 20.0 Å². The molecule has 0 amide bonds. The molecule has 7 heteroatoms. The molecule has 0 spiro atoms. The van der Waals surface area contributed by atoms with Crippen molar-refractivity contribution in [3.63, 3.8) is 0 Å². The van der Waals surface area contributed by atoms with Crippen molar-refractivity contribution in [2.75, 3.05) is 0 Å². The van der Waals surface area contributed by atoms with E-state index in [9.17, 15) is 13.2 Å². The van der Waals surface area contributed by atoms with E-state index in [1.54, 1.807) is 19.9 Å². The van der Waals surface area contributed by atoms with Crippen molar-refractivity contribution >= 4 is 0 Å². The molecular weight excluding hydrogens is 221 g/mol. The van der Waals surface area contributed by atoms with E-state index in [0.29, 0.717) is 0 Å². The molecule has 86 valence electrons. The van der Waals surface area contributed by atoms with Gasteiger partial charge >= 0.3 is 6.18 Å². The van der Waals surface area contributed by atoms with Crippen molar-refractivity contribution < 1.29 is 13.2 Å². The van der Waals surface area contributed by atoms with Gasteiger partial charge in [-0.15, -0.1) is 0 Å². The van der Waals surface area contributed by atoms with E-state index < -0.39 is 11.9 Å². The van der Waals surface area contributed by atoms with Gasteiger partial charge in [0.05, 0.1) is 5.69 Å². The predicted octanol–water partition coefficient (Wildman–Crippen LogP) is 2.23. The van der Waals surface area contributed by atoms with Crippen LogP contribution < -0.4 is 0 Å². The number of halogens is 3. The van der Waals surface area contributed by atoms with Crippen molar-refractivity contribution in [3.8, 4) is 5.82 Å². The Labute approximate surface area is 89.1 Å². The van der Waals surface area contributed by atoms with Gasteiger partial charge in [-0.3, -0.25) is 5.10 Å². The van der Waals surface area contributed by atoms with Crippen molar-refractivity contribution in [2.45, 2.75) is 20.0 Å². The number of nitrogens with zero attached hydrogens (tertiary/aromatic N) is 3. The molecule has 2 aromatic rings. The Hall–Kier alpha value is -1.79. The molecule has 0 fully saturated rings. The fraction of sp³-hybridized carbons (Fsp3) is 0.333. The zero-order valence-electron chi connectivity index (χ0n) is 8.63. The molecule has 0 radical (unpaired) electrons. The lowest BCUT2D eigenvalue weighted by Gasteiger charge is -2.00. The van der Waals surface area contributed by atoms with Crippen LogP contribution in [0, 0.1) is 13.8 Å². The van der Waals surface area contributed by atoms with Crippen LogP contribution in [0.25, 0.3) is 5.82 Å². The van der Waals surface area contributed by atoms with Gasteiger partial charge in [0.25, 0.3) is 0 Å². The quantitative estimate of drug-likeness (QED) is 0.816. The minimum absolute atomic E-state index is 0.137. The number of rotatable bonds is 1. The summed E-state index contributed by atoms with van der Waals surface area (Å²) in [5.41, 5.74) is 0.585. The molecule has 0 aliphatic rings. The second-order valence-electron chi connectivity index (χ2n) is 3.48. The maximum absolute atomic E-state index is 12.3. The summed E-state index contributed by atoms with van der Waals surface area (Å²) in [5, 5.41) is 9.57. The SMILES string of the molecule is Cc1cc(C)n(-c2cc(C(F)(F)F)[nH]n2)n1. The van der Waals surface area contributed by atoms with Gasteiger partial charge < -0.3 is 0 Å². The van der Waals surface area contributed by atoms with E-state index in [0.717, 1.165) is 17.5 Å². The third-order valence-electron chi connectivity index (χ3n) is 2.10. The van der Waals surface area contributed by atoms with Crippen LogP contribution in [0.4, 0.5) is 13.2 Å². The summed E-state index contributed by atoms with van der Waals surface area (Å²) >= 11 is 0. The Morgan fingerprint density at radius 2 is 1.94 bits per heavy atom. The molecule has 2 heterocycles. The number of alkyl halides is 3. The van der Waals surface area contributed by atoms with Gasteiger partial charge in [-0.25, -0.2) is 4.68 Å². The zero-order valence-corrected chi connectivity index (χ0v) is 8.63. The van der Waals surface area contributed by atoms with Gasteiger partial charge in [-0.1, -0.05) is 0 Å². The Kier molecular flexibility index (Phi) is 2.25. The van der Waals surface area contributed by atoms with Crippen LogP contribution in [0.15, 0.2) is 12.1 Å². The molecule has 0 aliphatic carbocycles. The van der Waals surface area contributed by atoms with Crippen molar-refractivity contribution in [1.29, 1.82) is 0 Å². The van der Waals surface area contributed by atoms with Crippen LogP contribution in [0.2, 0.25) is 0 Å². The van der Waals surface area contributed by atoms with E-state index >= 15 is 0 Å². The highest BCUT2D eigenvalue weighted by atomic mass is 19.4. The maximum Gasteiger partial charge on any atom is 0.432 e. The molecule has 0 bridgehead atoms. The van der Waals surface area contributed by atoms with Gasteiger partial charge in [-0.05, 0) is 19.9 Å². The summed E-state index contributed by atoms with van der Waals surface area (Å²) in [6.07, 6.45) is -4.42. The Balaban J connectivity index is 2.43. The number of hydrogen-bond donors (Lipinski definition) is 1. The minimum atomic E-state index is -4.42. The molecule has 4 nitrogen and oxygen atoms in total. The van der Waals surface area contributed by atoms with Crippen LogP contribution in [-0.2, 0) is 6.18 Å². The first-order chi connectivity index (χ1) is 7.38. The summed E-state index contributed by atoms with van der Waals surface area (Å²) in [6, 6.07) is 2.70. The average molecular weight is 230 g/mol. The largest absolute Gasteiger partial charge is 0.432 e. The molecule has 0 saturated carbocycles. The fourth-order valence-corrected chi connectivity index (χ4v) is 1.43. The number of hydrogen-bond acceptors (Lipinski definition) is 2. The first-order valence-electron chi connectivity index (χ1n) is 4.54. The topological polar surface area (TPSA) is 46.5 Å². The Morgan fingerprint density at radius 1 is 1.25 bits per heavy atom. The first-order valence-corrected chi connectivity index (χ1v) is 4.54. The lowest BCUT2D eigenvalue weighted by molar-refractivity contribution is -0.141. The van der Waals surface area contributed by atoms with Crippen LogP contribution >= 0.6 is 0 Å². The first kappa shape index (κ1) is 10.7. The molecule has 0 saturated heterocycles. The molecular formula is C9H9F3N4. The van der Waals surface area contributed by atoms with E-state index in [-0.39, 0.29) is 5.82 Å². The smallest absolute Gasteiger partial charge is 0.271 e. The number of aromatic amines is 1. The van der Waals surface area contributed by atoms with Gasteiger partial charge in [-0.2, -0.15) is 23.4 Å². The van der Waals surface area contributed by atoms with Crippen LogP contribution in [0.1, 0.15) is 17.1 Å². The van der Waals surface area contributed by atoms with Crippen molar-refractivity contribution in [1.82, 2.24) is 20.0 Å². The number of aryl methyl sites for hydroxylation is 2. The molecule has 2 aromatic heterocycles. The number of H-pyrrole nitrogens is 1. The zero-order chi connectivity index (χ0) is 11.9. The second-order valence-corrected chi connectivity index (χ2v) is 3.48. The highest BCUT2D eigenvalue weighted by molar-refractivity contribution is 5.27. The van der Waals surface area contributed by atoms with Crippen molar-refractivity contribution in [2.24, 2.45) is 0 Å². The van der Waals surface area contributed by atoms with E-state index in [1.165, 1.54) is 4.68 Å². The van der Waals surface area contributed by atoms with E-state index in [2.05, 4.69) is 10.2 Å². The monoisotopic (exact) mass is 230 g/mol. The highest BCUT2D eigenvalue weighted by Gasteiger charge is 2.33. The molecule has 16 heavy (non-hydrogen) atoms. The standard InChI is InChI=1S/C9H9F3N4/c1-5-3-6(2)16(15-5)8-4-7(13-14-8)9(10,11)12/h3-4H,1-2H3,(H,13,14). The Morgan fingerprint density at radius 3 is 2.38 bits per heavy atom. The second kappa shape index (κ2) is 3.36. The normalized spacial score (nSPS) is 12.1. The molecule has 0 aromatic carbocycles. The third-order valence-corrected chi connectivity index (χ3v) is 2.10. The van der Waals surface area contributed by atoms with Gasteiger partial charge in [0.2, 0.25) is 0 Å². The molecule has 1 N–H and O–H groups in total. The van der Waals surface area contributed by atoms with Gasteiger partial charge in [0, 0.05) is 11.8 Å². The van der Waals surface area contributed by atoms with Gasteiger partial charge in [0.1, 0.15) is 5.69 Å². The molecule has 0 atom stereocenters. The van der Waals surface area contributed by atoms with E-state index in [1.807, 2.05) is 5.10 Å². The van der Waals surface area contributed by atoms with Crippen LogP contribution in [0.3, 0.4) is 0 Å². The maximum atomic E-state index is 12.3. The summed E-state index contributed by atoms with van der Waals surface area (Å²) < 4.78 is 38.3. The van der Waals surface area contributed by atoms with Gasteiger partial charge in [0.15, 0.2) is 5.82 Å². The lowest BCUT2D eigenvalue weighted by atomic mass is 10.4. The summed E-state index contributed by atoms with van der Waals surface area (Å²) in [4.78, 5) is 0. The third kappa shape index (κ3) is 1.80. The summed E-state index contributed by atoms with van der Waals surface area (Å²) in [7, 11) is 0. The average Bonchev–Trinajstić information content (AvgIpc) is 2.70. The molecule has 0 unspecified atom stereocenters. The molecule has 0 aliphatic heterocycles.